The van der Waals surface area contributed by atoms with Crippen LogP contribution in [0.3, 0.4) is 0 Å². The van der Waals surface area contributed by atoms with Crippen LogP contribution in [0.15, 0.2) is 0 Å². The molecule has 84 valence electrons. The number of hydrogen-bond acceptors (Lipinski definition) is 6. The van der Waals surface area contributed by atoms with E-state index in [1.807, 2.05) is 0 Å². The standard InChI is InChI=1S/CH4O6S2.2Ag.H3P/c2-8(3,4)1-9(5,6)7;;;/h1H2,(H,2,3,4)(H,5,6,7);;;1H3/q;2*+1;/p-2. The Labute approximate surface area is 105 Å². The molecule has 0 aromatic carbocycles. The van der Waals surface area contributed by atoms with Crippen LogP contribution in [-0.2, 0) is 65.0 Å². The maximum absolute atomic E-state index is 9.51. The Bertz CT molecular complexity index is 249. The fourth-order valence-corrected chi connectivity index (χ4v) is 1.59. The molecule has 6 nitrogen and oxygen atoms in total. The van der Waals surface area contributed by atoms with Crippen molar-refractivity contribution in [2.75, 3.05) is 5.08 Å². The molecule has 0 heterocycles. The average molecular weight is 424 g/mol. The molecule has 1 unspecified atom stereocenters. The fraction of sp³-hybridized carbons (Fsp3) is 1.00. The number of rotatable bonds is 2. The molecule has 1 atom stereocenters. The second-order valence-corrected chi connectivity index (χ2v) is 4.41. The van der Waals surface area contributed by atoms with E-state index in [-0.39, 0.29) is 54.7 Å². The van der Waals surface area contributed by atoms with E-state index in [0.29, 0.717) is 0 Å². The summed E-state index contributed by atoms with van der Waals surface area (Å²) in [6, 6.07) is 0. The minimum atomic E-state index is -4.93. The van der Waals surface area contributed by atoms with E-state index in [2.05, 4.69) is 0 Å². The molecule has 0 rings (SSSR count). The van der Waals surface area contributed by atoms with Crippen LogP contribution >= 0.6 is 9.90 Å². The van der Waals surface area contributed by atoms with Crippen LogP contribution in [0.5, 0.6) is 0 Å². The van der Waals surface area contributed by atoms with Crippen LogP contribution in [0.4, 0.5) is 0 Å². The van der Waals surface area contributed by atoms with E-state index < -0.39 is 25.3 Å². The van der Waals surface area contributed by atoms with Crippen molar-refractivity contribution < 1.29 is 70.7 Å². The molecule has 12 heavy (non-hydrogen) atoms. The van der Waals surface area contributed by atoms with Gasteiger partial charge in [0.1, 0.15) is 25.3 Å². The van der Waals surface area contributed by atoms with Gasteiger partial charge in [-0.05, 0) is 0 Å². The second-order valence-electron chi connectivity index (χ2n) is 1.23. The van der Waals surface area contributed by atoms with Gasteiger partial charge in [-0.2, -0.15) is 9.90 Å². The summed E-state index contributed by atoms with van der Waals surface area (Å²) in [7, 11) is -9.86. The Balaban J connectivity index is -0.000000107. The first-order chi connectivity index (χ1) is 3.71. The predicted molar refractivity (Wildman–Crippen MR) is 35.4 cm³/mol. The van der Waals surface area contributed by atoms with Gasteiger partial charge < -0.3 is 9.11 Å². The summed E-state index contributed by atoms with van der Waals surface area (Å²) in [6.45, 7) is 0. The van der Waals surface area contributed by atoms with Crippen LogP contribution in [0.25, 0.3) is 0 Å². The molecule has 0 spiro atoms. The molecule has 0 fully saturated rings. The fourth-order valence-electron chi connectivity index (χ4n) is 0.177. The summed E-state index contributed by atoms with van der Waals surface area (Å²) in [5.74, 6) is 0. The molecule has 0 bridgehead atoms. The molecule has 0 amide bonds. The molecule has 0 aromatic heterocycles. The Morgan fingerprint density at radius 2 is 1.00 bits per heavy atom. The zero-order valence-corrected chi connectivity index (χ0v) is 11.3. The van der Waals surface area contributed by atoms with Gasteiger partial charge in [0.15, 0.2) is 0 Å². The largest absolute Gasteiger partial charge is 1.00 e. The minimum absolute atomic E-state index is 0. The van der Waals surface area contributed by atoms with Crippen molar-refractivity contribution in [2.45, 2.75) is 0 Å². The van der Waals surface area contributed by atoms with Gasteiger partial charge >= 0.3 is 44.8 Å². The molecule has 0 saturated heterocycles. The molecule has 0 saturated carbocycles. The minimum Gasteiger partial charge on any atom is -0.747 e. The second kappa shape index (κ2) is 8.07. The van der Waals surface area contributed by atoms with E-state index in [9.17, 15) is 25.9 Å². The van der Waals surface area contributed by atoms with E-state index in [4.69, 9.17) is 0 Å². The van der Waals surface area contributed by atoms with Crippen LogP contribution in [0, 0.1) is 0 Å². The quantitative estimate of drug-likeness (QED) is 0.291. The first kappa shape index (κ1) is 23.5. The Hall–Kier alpha value is 1.73. The zero-order valence-electron chi connectivity index (χ0n) is 5.28. The normalized spacial score (nSPS) is 10.2. The van der Waals surface area contributed by atoms with Crippen molar-refractivity contribution >= 4 is 30.1 Å². The van der Waals surface area contributed by atoms with Crippen molar-refractivity contribution in [1.82, 2.24) is 0 Å². The van der Waals surface area contributed by atoms with Crippen molar-refractivity contribution in [2.24, 2.45) is 0 Å². The molecule has 0 N–H and O–H groups in total. The molecule has 0 aliphatic carbocycles. The van der Waals surface area contributed by atoms with Gasteiger partial charge in [0.2, 0.25) is 0 Å². The smallest absolute Gasteiger partial charge is 0.747 e. The van der Waals surface area contributed by atoms with E-state index in [0.717, 1.165) is 0 Å². The Kier molecular flexibility index (Phi) is 15.8. The molecule has 0 radical (unpaired) electrons. The molecule has 11 heteroatoms. The Morgan fingerprint density at radius 1 is 0.833 bits per heavy atom. The van der Waals surface area contributed by atoms with Gasteiger partial charge in [0, 0.05) is 0 Å². The van der Waals surface area contributed by atoms with Crippen LogP contribution in [0.1, 0.15) is 0 Å². The van der Waals surface area contributed by atoms with Crippen LogP contribution < -0.4 is 0 Å². The van der Waals surface area contributed by atoms with E-state index >= 15 is 0 Å². The first-order valence-corrected chi connectivity index (χ1v) is 4.73. The maximum Gasteiger partial charge on any atom is 1.00 e. The van der Waals surface area contributed by atoms with E-state index in [1.54, 1.807) is 0 Å². The van der Waals surface area contributed by atoms with Gasteiger partial charge in [-0.15, -0.1) is 0 Å². The SMILES string of the molecule is O=S(=O)([O-])CS(=O)(=O)[O-].P.[Ag+].[Ag+]. The zero-order chi connectivity index (χ0) is 7.71. The van der Waals surface area contributed by atoms with Crippen molar-refractivity contribution in [3.63, 3.8) is 0 Å². The molecule has 0 aliphatic heterocycles. The monoisotopic (exact) mass is 422 g/mol. The van der Waals surface area contributed by atoms with Gasteiger partial charge in [-0.1, -0.05) is 0 Å². The molecule has 0 aliphatic rings. The van der Waals surface area contributed by atoms with Gasteiger partial charge in [0.05, 0.1) is 0 Å². The third-order valence-electron chi connectivity index (χ3n) is 0.289. The van der Waals surface area contributed by atoms with Crippen molar-refractivity contribution in [3.8, 4) is 0 Å². The maximum atomic E-state index is 9.51. The predicted octanol–water partition coefficient (Wildman–Crippen LogP) is -1.91. The number of hydrogen-bond donors (Lipinski definition) is 0. The topological polar surface area (TPSA) is 114 Å². The average Bonchev–Trinajstić information content (AvgIpc) is 1.14. The summed E-state index contributed by atoms with van der Waals surface area (Å²) < 4.78 is 57.1. The first-order valence-electron chi connectivity index (χ1n) is 1.58. The molecule has 0 aromatic rings. The van der Waals surface area contributed by atoms with Gasteiger partial charge in [-0.3, -0.25) is 0 Å². The summed E-state index contributed by atoms with van der Waals surface area (Å²) in [6.07, 6.45) is 0. The summed E-state index contributed by atoms with van der Waals surface area (Å²) in [5, 5.41) is -1.88. The van der Waals surface area contributed by atoms with Crippen LogP contribution in [-0.4, -0.2) is 31.0 Å². The van der Waals surface area contributed by atoms with Gasteiger partial charge in [0.25, 0.3) is 0 Å². The van der Waals surface area contributed by atoms with Crippen molar-refractivity contribution in [1.29, 1.82) is 0 Å². The molecular formula is CH5Ag2O6PS2. The van der Waals surface area contributed by atoms with Crippen LogP contribution in [0.2, 0.25) is 0 Å². The summed E-state index contributed by atoms with van der Waals surface area (Å²) in [5.41, 5.74) is 0. The van der Waals surface area contributed by atoms with Crippen molar-refractivity contribution in [3.05, 3.63) is 0 Å². The third-order valence-corrected chi connectivity index (χ3v) is 2.60. The summed E-state index contributed by atoms with van der Waals surface area (Å²) >= 11 is 0. The third kappa shape index (κ3) is 22.6. The Morgan fingerprint density at radius 3 is 1.00 bits per heavy atom. The van der Waals surface area contributed by atoms with Gasteiger partial charge in [-0.25, -0.2) is 16.8 Å². The molecular weight excluding hydrogens is 419 g/mol. The van der Waals surface area contributed by atoms with E-state index in [1.165, 1.54) is 0 Å². The summed E-state index contributed by atoms with van der Waals surface area (Å²) in [4.78, 5) is 0.